The van der Waals surface area contributed by atoms with Crippen LogP contribution in [0, 0.1) is 11.8 Å². The average molecular weight is 169 g/mol. The average Bonchev–Trinajstić information content (AvgIpc) is 2.34. The molecule has 1 aliphatic rings. The second-order valence-corrected chi connectivity index (χ2v) is 4.62. The molecule has 1 unspecified atom stereocenters. The third kappa shape index (κ3) is 1.82. The van der Waals surface area contributed by atoms with Gasteiger partial charge in [0.1, 0.15) is 0 Å². The van der Waals surface area contributed by atoms with Gasteiger partial charge in [0.25, 0.3) is 0 Å². The van der Waals surface area contributed by atoms with Crippen LogP contribution in [0.3, 0.4) is 0 Å². The minimum atomic E-state index is 0.386. The van der Waals surface area contributed by atoms with Gasteiger partial charge in [0, 0.05) is 5.54 Å². The van der Waals surface area contributed by atoms with E-state index in [9.17, 15) is 0 Å². The molecule has 0 saturated carbocycles. The van der Waals surface area contributed by atoms with Crippen molar-refractivity contribution in [3.63, 3.8) is 0 Å². The van der Waals surface area contributed by atoms with Gasteiger partial charge in [0.15, 0.2) is 0 Å². The van der Waals surface area contributed by atoms with Gasteiger partial charge in [-0.3, -0.25) is 0 Å². The monoisotopic (exact) mass is 169 g/mol. The van der Waals surface area contributed by atoms with Crippen LogP contribution in [0.15, 0.2) is 0 Å². The Labute approximate surface area is 76.9 Å². The Balaban J connectivity index is 2.60. The topological polar surface area (TPSA) is 12.0 Å². The lowest BCUT2D eigenvalue weighted by Gasteiger charge is -2.33. The highest BCUT2D eigenvalue weighted by molar-refractivity contribution is 4.94. The van der Waals surface area contributed by atoms with Crippen LogP contribution in [0.5, 0.6) is 0 Å². The van der Waals surface area contributed by atoms with E-state index >= 15 is 0 Å². The van der Waals surface area contributed by atoms with E-state index in [4.69, 9.17) is 0 Å². The van der Waals surface area contributed by atoms with Crippen LogP contribution in [0.1, 0.15) is 47.0 Å². The lowest BCUT2D eigenvalue weighted by molar-refractivity contribution is 0.221. The van der Waals surface area contributed by atoms with Crippen molar-refractivity contribution in [2.75, 3.05) is 6.54 Å². The highest BCUT2D eigenvalue weighted by Crippen LogP contribution is 2.35. The number of hydrogen-bond donors (Lipinski definition) is 1. The number of hydrogen-bond acceptors (Lipinski definition) is 1. The molecule has 0 aliphatic carbocycles. The zero-order chi connectivity index (χ0) is 9.19. The zero-order valence-electron chi connectivity index (χ0n) is 8.98. The summed E-state index contributed by atoms with van der Waals surface area (Å²) in [4.78, 5) is 0. The molecule has 1 rings (SSSR count). The Kier molecular flexibility index (Phi) is 3.16. The van der Waals surface area contributed by atoms with E-state index in [1.807, 2.05) is 0 Å². The summed E-state index contributed by atoms with van der Waals surface area (Å²) in [7, 11) is 0. The molecule has 0 aromatic carbocycles. The number of nitrogens with one attached hydrogen (secondary N) is 1. The van der Waals surface area contributed by atoms with Crippen molar-refractivity contribution >= 4 is 0 Å². The molecule has 0 aromatic heterocycles. The fourth-order valence-corrected chi connectivity index (χ4v) is 2.72. The summed E-state index contributed by atoms with van der Waals surface area (Å²) in [6.07, 6.45) is 4.05. The molecule has 0 spiro atoms. The Morgan fingerprint density at radius 3 is 2.25 bits per heavy atom. The van der Waals surface area contributed by atoms with Gasteiger partial charge in [-0.25, -0.2) is 0 Å². The third-order valence-electron chi connectivity index (χ3n) is 3.58. The van der Waals surface area contributed by atoms with Gasteiger partial charge < -0.3 is 5.32 Å². The molecule has 1 heterocycles. The predicted molar refractivity (Wildman–Crippen MR) is 54.3 cm³/mol. The van der Waals surface area contributed by atoms with Crippen molar-refractivity contribution in [1.82, 2.24) is 5.32 Å². The highest BCUT2D eigenvalue weighted by Gasteiger charge is 2.37. The van der Waals surface area contributed by atoms with E-state index in [0.29, 0.717) is 5.54 Å². The third-order valence-corrected chi connectivity index (χ3v) is 3.58. The molecule has 0 radical (unpaired) electrons. The molecule has 12 heavy (non-hydrogen) atoms. The standard InChI is InChI=1S/C11H23N/c1-5-9(6-2)10-7-8-12-11(10,3)4/h9-10,12H,5-8H2,1-4H3. The Morgan fingerprint density at radius 2 is 1.92 bits per heavy atom. The molecular weight excluding hydrogens is 146 g/mol. The molecule has 0 amide bonds. The van der Waals surface area contributed by atoms with Gasteiger partial charge in [-0.1, -0.05) is 26.7 Å². The molecule has 1 aliphatic heterocycles. The molecule has 1 atom stereocenters. The molecule has 72 valence electrons. The molecular formula is C11H23N. The van der Waals surface area contributed by atoms with Crippen LogP contribution in [0.2, 0.25) is 0 Å². The van der Waals surface area contributed by atoms with Crippen LogP contribution in [-0.2, 0) is 0 Å². The van der Waals surface area contributed by atoms with Gasteiger partial charge >= 0.3 is 0 Å². The van der Waals surface area contributed by atoms with E-state index in [2.05, 4.69) is 33.0 Å². The quantitative estimate of drug-likeness (QED) is 0.685. The van der Waals surface area contributed by atoms with Crippen molar-refractivity contribution in [1.29, 1.82) is 0 Å². The Bertz CT molecular complexity index is 136. The van der Waals surface area contributed by atoms with Gasteiger partial charge in [-0.2, -0.15) is 0 Å². The van der Waals surface area contributed by atoms with Crippen molar-refractivity contribution in [3.05, 3.63) is 0 Å². The van der Waals surface area contributed by atoms with E-state index < -0.39 is 0 Å². The summed E-state index contributed by atoms with van der Waals surface area (Å²) in [5, 5.41) is 3.60. The second kappa shape index (κ2) is 3.78. The van der Waals surface area contributed by atoms with E-state index in [1.54, 1.807) is 0 Å². The minimum absolute atomic E-state index is 0.386. The first-order valence-electron chi connectivity index (χ1n) is 5.36. The fourth-order valence-electron chi connectivity index (χ4n) is 2.72. The summed E-state index contributed by atoms with van der Waals surface area (Å²) in [5.74, 6) is 1.82. The maximum Gasteiger partial charge on any atom is 0.0156 e. The maximum atomic E-state index is 3.60. The second-order valence-electron chi connectivity index (χ2n) is 4.62. The zero-order valence-corrected chi connectivity index (χ0v) is 8.98. The summed E-state index contributed by atoms with van der Waals surface area (Å²) < 4.78 is 0. The SMILES string of the molecule is CCC(CC)C1CCNC1(C)C. The Morgan fingerprint density at radius 1 is 1.33 bits per heavy atom. The van der Waals surface area contributed by atoms with Gasteiger partial charge in [-0.05, 0) is 38.6 Å². The smallest absolute Gasteiger partial charge is 0.0156 e. The van der Waals surface area contributed by atoms with E-state index in [0.717, 1.165) is 11.8 Å². The molecule has 1 saturated heterocycles. The molecule has 1 nitrogen and oxygen atoms in total. The molecule has 0 bridgehead atoms. The van der Waals surface area contributed by atoms with Crippen molar-refractivity contribution in [2.45, 2.75) is 52.5 Å². The lowest BCUT2D eigenvalue weighted by Crippen LogP contribution is -2.40. The summed E-state index contributed by atoms with van der Waals surface area (Å²) >= 11 is 0. The van der Waals surface area contributed by atoms with Crippen LogP contribution in [-0.4, -0.2) is 12.1 Å². The fraction of sp³-hybridized carbons (Fsp3) is 1.00. The maximum absolute atomic E-state index is 3.60. The van der Waals surface area contributed by atoms with Crippen molar-refractivity contribution in [2.24, 2.45) is 11.8 Å². The molecule has 1 heteroatoms. The first-order chi connectivity index (χ1) is 5.61. The predicted octanol–water partition coefficient (Wildman–Crippen LogP) is 2.81. The number of rotatable bonds is 3. The van der Waals surface area contributed by atoms with E-state index in [1.165, 1.54) is 25.8 Å². The lowest BCUT2D eigenvalue weighted by atomic mass is 9.76. The summed E-state index contributed by atoms with van der Waals surface area (Å²) in [5.41, 5.74) is 0.386. The van der Waals surface area contributed by atoms with Crippen LogP contribution < -0.4 is 5.32 Å². The minimum Gasteiger partial charge on any atom is -0.311 e. The largest absolute Gasteiger partial charge is 0.311 e. The van der Waals surface area contributed by atoms with Crippen molar-refractivity contribution in [3.8, 4) is 0 Å². The van der Waals surface area contributed by atoms with Crippen LogP contribution in [0.4, 0.5) is 0 Å². The molecule has 1 fully saturated rings. The van der Waals surface area contributed by atoms with Gasteiger partial charge in [0.2, 0.25) is 0 Å². The van der Waals surface area contributed by atoms with Gasteiger partial charge in [-0.15, -0.1) is 0 Å². The Hall–Kier alpha value is -0.0400. The molecule has 1 N–H and O–H groups in total. The summed E-state index contributed by atoms with van der Waals surface area (Å²) in [6.45, 7) is 10.6. The first-order valence-corrected chi connectivity index (χ1v) is 5.36. The first kappa shape index (κ1) is 10.0. The van der Waals surface area contributed by atoms with Crippen LogP contribution in [0.25, 0.3) is 0 Å². The van der Waals surface area contributed by atoms with Crippen LogP contribution >= 0.6 is 0 Å². The summed E-state index contributed by atoms with van der Waals surface area (Å²) in [6, 6.07) is 0. The van der Waals surface area contributed by atoms with E-state index in [-0.39, 0.29) is 0 Å². The molecule has 0 aromatic rings. The van der Waals surface area contributed by atoms with Crippen molar-refractivity contribution < 1.29 is 0 Å². The highest BCUT2D eigenvalue weighted by atomic mass is 15.0. The normalized spacial score (nSPS) is 28.2. The van der Waals surface area contributed by atoms with Gasteiger partial charge in [0.05, 0.1) is 0 Å².